The summed E-state index contributed by atoms with van der Waals surface area (Å²) in [7, 11) is 0. The summed E-state index contributed by atoms with van der Waals surface area (Å²) in [6.07, 6.45) is 2.02. The third kappa shape index (κ3) is 2.94. The summed E-state index contributed by atoms with van der Waals surface area (Å²) in [5.74, 6) is -0.875. The molecule has 2 unspecified atom stereocenters. The average molecular weight is 346 g/mol. The summed E-state index contributed by atoms with van der Waals surface area (Å²) in [5.41, 5.74) is 0.0666. The number of hydrogen-bond donors (Lipinski definition) is 1. The van der Waals surface area contributed by atoms with Gasteiger partial charge >= 0.3 is 5.97 Å². The molecule has 2 atom stereocenters. The molecular formula is C17H18N2O2S2. The van der Waals surface area contributed by atoms with Gasteiger partial charge in [0.05, 0.1) is 24.2 Å². The molecule has 0 amide bonds. The molecule has 1 aromatic rings. The number of nitrogens with zero attached hydrogens (tertiary/aromatic N) is 1. The van der Waals surface area contributed by atoms with Crippen LogP contribution >= 0.6 is 23.6 Å². The van der Waals surface area contributed by atoms with Gasteiger partial charge in [0.25, 0.3) is 0 Å². The second kappa shape index (κ2) is 7.07. The summed E-state index contributed by atoms with van der Waals surface area (Å²) in [6, 6.07) is 6.17. The minimum atomic E-state index is -1.04. The SMILES string of the molecule is C=CCC1(C#N)C(=S)NC(C)=C(C(=O)OCC)C1c1cccs1. The molecule has 1 aromatic heterocycles. The van der Waals surface area contributed by atoms with Crippen molar-refractivity contribution in [3.63, 3.8) is 0 Å². The summed E-state index contributed by atoms with van der Waals surface area (Å²) in [6.45, 7) is 7.58. The van der Waals surface area contributed by atoms with Crippen molar-refractivity contribution in [1.29, 1.82) is 5.26 Å². The third-order valence-electron chi connectivity index (χ3n) is 3.88. The highest BCUT2D eigenvalue weighted by Gasteiger charge is 2.51. The third-order valence-corrected chi connectivity index (χ3v) is 5.28. The lowest BCUT2D eigenvalue weighted by molar-refractivity contribution is -0.139. The number of rotatable bonds is 5. The monoisotopic (exact) mass is 346 g/mol. The first-order valence-corrected chi connectivity index (χ1v) is 8.55. The molecule has 0 aliphatic carbocycles. The summed E-state index contributed by atoms with van der Waals surface area (Å²) < 4.78 is 5.22. The highest BCUT2D eigenvalue weighted by molar-refractivity contribution is 7.80. The molecule has 1 aliphatic rings. The molecule has 4 nitrogen and oxygen atoms in total. The van der Waals surface area contributed by atoms with Crippen LogP contribution in [0.5, 0.6) is 0 Å². The molecular weight excluding hydrogens is 328 g/mol. The van der Waals surface area contributed by atoms with Gasteiger partial charge in [-0.15, -0.1) is 17.9 Å². The number of ether oxygens (including phenoxy) is 1. The largest absolute Gasteiger partial charge is 0.463 e. The first kappa shape index (κ1) is 17.4. The number of thiocarbonyl (C=S) groups is 1. The van der Waals surface area contributed by atoms with Gasteiger partial charge in [0.15, 0.2) is 0 Å². The topological polar surface area (TPSA) is 62.1 Å². The number of thiophene rings is 1. The van der Waals surface area contributed by atoms with Gasteiger partial charge in [-0.25, -0.2) is 4.79 Å². The molecule has 120 valence electrons. The van der Waals surface area contributed by atoms with Crippen LogP contribution in [0.4, 0.5) is 0 Å². The lowest BCUT2D eigenvalue weighted by atomic mass is 9.67. The normalized spacial score (nSPS) is 23.9. The van der Waals surface area contributed by atoms with Gasteiger partial charge in [0.2, 0.25) is 0 Å². The van der Waals surface area contributed by atoms with Gasteiger partial charge < -0.3 is 10.1 Å². The van der Waals surface area contributed by atoms with E-state index in [1.54, 1.807) is 19.9 Å². The zero-order valence-corrected chi connectivity index (χ0v) is 14.7. The number of nitriles is 1. The fourth-order valence-electron chi connectivity index (χ4n) is 2.86. The first-order chi connectivity index (χ1) is 11.0. The summed E-state index contributed by atoms with van der Waals surface area (Å²) in [5, 5.41) is 14.9. The highest BCUT2D eigenvalue weighted by atomic mass is 32.1. The Morgan fingerprint density at radius 2 is 2.43 bits per heavy atom. The molecule has 2 heterocycles. The van der Waals surface area contributed by atoms with Crippen molar-refractivity contribution in [2.75, 3.05) is 6.61 Å². The zero-order valence-electron chi connectivity index (χ0n) is 13.1. The van der Waals surface area contributed by atoms with Gasteiger partial charge in [-0.1, -0.05) is 24.4 Å². The maximum Gasteiger partial charge on any atom is 0.336 e. The van der Waals surface area contributed by atoms with Crippen LogP contribution in [0.3, 0.4) is 0 Å². The Balaban J connectivity index is 2.70. The van der Waals surface area contributed by atoms with Crippen LogP contribution in [-0.2, 0) is 9.53 Å². The van der Waals surface area contributed by atoms with Gasteiger partial charge in [0, 0.05) is 10.6 Å². The van der Waals surface area contributed by atoms with Crippen LogP contribution in [0.1, 0.15) is 31.1 Å². The molecule has 1 aliphatic heterocycles. The quantitative estimate of drug-likeness (QED) is 0.500. The van der Waals surface area contributed by atoms with Crippen LogP contribution in [0, 0.1) is 16.7 Å². The fraction of sp³-hybridized carbons (Fsp3) is 0.353. The first-order valence-electron chi connectivity index (χ1n) is 7.26. The highest BCUT2D eigenvalue weighted by Crippen LogP contribution is 2.49. The molecule has 0 saturated heterocycles. The van der Waals surface area contributed by atoms with Crippen molar-refractivity contribution in [3.05, 3.63) is 46.3 Å². The van der Waals surface area contributed by atoms with E-state index in [-0.39, 0.29) is 6.61 Å². The number of carbonyl (C=O) groups excluding carboxylic acids is 1. The number of hydrogen-bond acceptors (Lipinski definition) is 5. The van der Waals surface area contributed by atoms with Crippen molar-refractivity contribution in [1.82, 2.24) is 5.32 Å². The van der Waals surface area contributed by atoms with Gasteiger partial charge in [-0.3, -0.25) is 0 Å². The van der Waals surface area contributed by atoms with Crippen molar-refractivity contribution in [3.8, 4) is 6.07 Å². The second-order valence-electron chi connectivity index (χ2n) is 5.24. The molecule has 1 N–H and O–H groups in total. The van der Waals surface area contributed by atoms with E-state index in [4.69, 9.17) is 17.0 Å². The summed E-state index contributed by atoms with van der Waals surface area (Å²) in [4.78, 5) is 13.9. The lowest BCUT2D eigenvalue weighted by Crippen LogP contribution is -2.48. The van der Waals surface area contributed by atoms with E-state index in [1.807, 2.05) is 17.5 Å². The van der Waals surface area contributed by atoms with Crippen LogP contribution < -0.4 is 5.32 Å². The van der Waals surface area contributed by atoms with Crippen molar-refractivity contribution < 1.29 is 9.53 Å². The van der Waals surface area contributed by atoms with Crippen LogP contribution in [0.2, 0.25) is 0 Å². The van der Waals surface area contributed by atoms with Crippen LogP contribution in [0.25, 0.3) is 0 Å². The zero-order chi connectivity index (χ0) is 17.0. The average Bonchev–Trinajstić information content (AvgIpc) is 3.03. The smallest absolute Gasteiger partial charge is 0.336 e. The Morgan fingerprint density at radius 1 is 1.70 bits per heavy atom. The fourth-order valence-corrected chi connectivity index (χ4v) is 4.19. The Hall–Kier alpha value is -1.97. The van der Waals surface area contributed by atoms with E-state index in [1.165, 1.54) is 11.3 Å². The second-order valence-corrected chi connectivity index (χ2v) is 6.63. The predicted molar refractivity (Wildman–Crippen MR) is 95.0 cm³/mol. The Morgan fingerprint density at radius 3 is 2.96 bits per heavy atom. The predicted octanol–water partition coefficient (Wildman–Crippen LogP) is 3.69. The molecule has 2 rings (SSSR count). The Kier molecular flexibility index (Phi) is 5.34. The summed E-state index contributed by atoms with van der Waals surface area (Å²) >= 11 is 6.97. The number of carbonyl (C=O) groups is 1. The minimum Gasteiger partial charge on any atom is -0.463 e. The van der Waals surface area contributed by atoms with Crippen molar-refractivity contribution in [2.24, 2.45) is 5.41 Å². The molecule has 0 aromatic carbocycles. The van der Waals surface area contributed by atoms with Crippen LogP contribution in [-0.4, -0.2) is 17.6 Å². The van der Waals surface area contributed by atoms with Crippen molar-refractivity contribution in [2.45, 2.75) is 26.2 Å². The van der Waals surface area contributed by atoms with E-state index < -0.39 is 17.3 Å². The van der Waals surface area contributed by atoms with E-state index in [0.29, 0.717) is 22.7 Å². The van der Waals surface area contributed by atoms with E-state index in [9.17, 15) is 10.1 Å². The van der Waals surface area contributed by atoms with Crippen LogP contribution in [0.15, 0.2) is 41.4 Å². The molecule has 0 spiro atoms. The van der Waals surface area contributed by atoms with E-state index >= 15 is 0 Å². The van der Waals surface area contributed by atoms with Gasteiger partial charge in [0.1, 0.15) is 10.4 Å². The number of nitrogens with one attached hydrogen (secondary N) is 1. The maximum atomic E-state index is 12.5. The molecule has 0 saturated carbocycles. The molecule has 23 heavy (non-hydrogen) atoms. The standard InChI is InChI=1S/C17H18N2O2S2/c1-4-8-17(10-18)14(12-7-6-9-23-12)13(15(20)21-5-2)11(3)19-16(17)22/h4,6-7,9,14H,1,5,8H2,2-3H3,(H,19,22). The minimum absolute atomic E-state index is 0.276. The Bertz CT molecular complexity index is 701. The molecule has 0 bridgehead atoms. The number of allylic oxidation sites excluding steroid dienone is 2. The lowest BCUT2D eigenvalue weighted by Gasteiger charge is -2.40. The van der Waals surface area contributed by atoms with Gasteiger partial charge in [-0.05, 0) is 31.7 Å². The molecule has 6 heteroatoms. The van der Waals surface area contributed by atoms with E-state index in [0.717, 1.165) is 4.88 Å². The molecule has 0 radical (unpaired) electrons. The van der Waals surface area contributed by atoms with Crippen molar-refractivity contribution >= 4 is 34.5 Å². The maximum absolute atomic E-state index is 12.5. The van der Waals surface area contributed by atoms with Gasteiger partial charge in [-0.2, -0.15) is 5.26 Å². The molecule has 0 fully saturated rings. The number of esters is 1. The van der Waals surface area contributed by atoms with E-state index in [2.05, 4.69) is 18.0 Å². The Labute approximate surface area is 145 Å².